The van der Waals surface area contributed by atoms with Gasteiger partial charge < -0.3 is 23.7 Å². The van der Waals surface area contributed by atoms with Gasteiger partial charge in [-0.05, 0) is 85.3 Å². The molecule has 0 amide bonds. The van der Waals surface area contributed by atoms with Crippen molar-refractivity contribution in [2.45, 2.75) is 25.7 Å². The van der Waals surface area contributed by atoms with E-state index in [0.29, 0.717) is 96.1 Å². The zero-order valence-corrected chi connectivity index (χ0v) is 27.5. The summed E-state index contributed by atoms with van der Waals surface area (Å²) in [6, 6.07) is 22.9. The van der Waals surface area contributed by atoms with E-state index >= 15 is 0 Å². The Balaban J connectivity index is 1.06. The summed E-state index contributed by atoms with van der Waals surface area (Å²) in [6.45, 7) is 1.63. The van der Waals surface area contributed by atoms with Gasteiger partial charge in [0, 0.05) is 28.8 Å². The molecule has 1 saturated carbocycles. The maximum absolute atomic E-state index is 14.8. The molecule has 1 aliphatic carbocycles. The van der Waals surface area contributed by atoms with Crippen LogP contribution < -0.4 is 14.2 Å². The molecule has 47 heavy (non-hydrogen) atoms. The highest BCUT2D eigenvalue weighted by Crippen LogP contribution is 2.33. The Morgan fingerprint density at radius 1 is 0.638 bits per heavy atom. The third kappa shape index (κ3) is 9.47. The zero-order chi connectivity index (χ0) is 33.2. The molecule has 246 valence electrons. The molecule has 0 radical (unpaired) electrons. The second-order valence-electron chi connectivity index (χ2n) is 11.2. The second kappa shape index (κ2) is 16.6. The molecule has 7 nitrogen and oxygen atoms in total. The van der Waals surface area contributed by atoms with Crippen LogP contribution in [0.25, 0.3) is 22.3 Å². The monoisotopic (exact) mass is 708 g/mol. The Morgan fingerprint density at radius 3 is 1.60 bits per heavy atom. The minimum Gasteiger partial charge on any atom is -0.491 e. The van der Waals surface area contributed by atoms with E-state index < -0.39 is 5.82 Å². The molecule has 0 bridgehead atoms. The largest absolute Gasteiger partial charge is 0.491 e. The molecule has 0 aromatic heterocycles. The molecule has 10 heteroatoms. The van der Waals surface area contributed by atoms with Gasteiger partial charge >= 0.3 is 11.9 Å². The smallest absolute Gasteiger partial charge is 0.314 e. The molecule has 0 unspecified atom stereocenters. The number of rotatable bonds is 13. The Kier molecular flexibility index (Phi) is 12.1. The van der Waals surface area contributed by atoms with E-state index in [-0.39, 0.29) is 29.6 Å². The number of ether oxygens (including phenoxy) is 5. The summed E-state index contributed by atoms with van der Waals surface area (Å²) in [6.07, 6.45) is 1.99. The van der Waals surface area contributed by atoms with Crippen molar-refractivity contribution in [3.05, 3.63) is 101 Å². The number of carbonyl (C=O) groups excluding carboxylic acids is 2. The van der Waals surface area contributed by atoms with Crippen molar-refractivity contribution in [1.82, 2.24) is 0 Å². The predicted octanol–water partition coefficient (Wildman–Crippen LogP) is 8.42. The summed E-state index contributed by atoms with van der Waals surface area (Å²) in [5.74, 6) is -1.03. The molecule has 0 heterocycles. The van der Waals surface area contributed by atoms with E-state index in [9.17, 15) is 18.4 Å². The first-order chi connectivity index (χ1) is 22.8. The number of hydrogen-bond donors (Lipinski definition) is 0. The number of carbonyl (C=O) groups is 2. The number of methoxy groups -OCH3 is 1. The lowest BCUT2D eigenvalue weighted by molar-refractivity contribution is -0.145. The Morgan fingerprint density at radius 2 is 1.11 bits per heavy atom. The topological polar surface area (TPSA) is 80.3 Å². The van der Waals surface area contributed by atoms with Crippen LogP contribution in [-0.4, -0.2) is 45.5 Å². The first-order valence-corrected chi connectivity index (χ1v) is 16.2. The molecule has 1 aliphatic rings. The van der Waals surface area contributed by atoms with Crippen molar-refractivity contribution < 1.29 is 42.1 Å². The summed E-state index contributed by atoms with van der Waals surface area (Å²) in [5.41, 5.74) is 2.15. The highest BCUT2D eigenvalue weighted by atomic mass is 79.9. The van der Waals surface area contributed by atoms with Crippen LogP contribution in [0.1, 0.15) is 25.7 Å². The molecule has 0 N–H and O–H groups in total. The lowest BCUT2D eigenvalue weighted by atomic mass is 9.82. The normalized spacial score (nSPS) is 16.0. The highest BCUT2D eigenvalue weighted by molar-refractivity contribution is 9.10. The Labute approximate surface area is 280 Å². The highest BCUT2D eigenvalue weighted by Gasteiger charge is 2.32. The fourth-order valence-electron chi connectivity index (χ4n) is 5.37. The summed E-state index contributed by atoms with van der Waals surface area (Å²) in [5, 5.41) is 0. The van der Waals surface area contributed by atoms with Crippen LogP contribution in [0, 0.1) is 23.5 Å². The summed E-state index contributed by atoms with van der Waals surface area (Å²) in [7, 11) is 1.60. The third-order valence-electron chi connectivity index (χ3n) is 7.96. The maximum Gasteiger partial charge on any atom is 0.314 e. The molecule has 0 aliphatic heterocycles. The SMILES string of the molecule is COCCOCCOc1ccc(-c2ccc(OC(=O)C3CCC(C(=O)Oc4ccc(-c5ccc(Br)cc5F)cc4)CC3)cc2)c(F)c1. The van der Waals surface area contributed by atoms with Gasteiger partial charge in [0.25, 0.3) is 0 Å². The molecule has 0 spiro atoms. The standard InChI is InChI=1S/C37H35BrF2O7/c1-43-18-19-44-20-21-45-31-15-17-33(35(40)23-31)25-8-13-30(14-9-25)47-37(42)27-4-2-26(3-5-27)36(41)46-29-11-6-24(7-12-29)32-16-10-28(38)22-34(32)39/h6-17,22-23,26-27H,2-5,18-21H2,1H3. The fraction of sp³-hybridized carbons (Fsp3) is 0.297. The average Bonchev–Trinajstić information content (AvgIpc) is 3.07. The van der Waals surface area contributed by atoms with Gasteiger partial charge in [0.2, 0.25) is 0 Å². The van der Waals surface area contributed by atoms with Crippen molar-refractivity contribution in [2.24, 2.45) is 11.8 Å². The molecule has 0 saturated heterocycles. The first kappa shape index (κ1) is 34.2. The first-order valence-electron chi connectivity index (χ1n) is 15.4. The third-order valence-corrected chi connectivity index (χ3v) is 8.45. The summed E-state index contributed by atoms with van der Waals surface area (Å²) < 4.78 is 56.8. The van der Waals surface area contributed by atoms with Gasteiger partial charge in [-0.2, -0.15) is 0 Å². The summed E-state index contributed by atoms with van der Waals surface area (Å²) in [4.78, 5) is 25.7. The van der Waals surface area contributed by atoms with Gasteiger partial charge in [0.1, 0.15) is 35.5 Å². The van der Waals surface area contributed by atoms with Gasteiger partial charge in [0.15, 0.2) is 0 Å². The lowest BCUT2D eigenvalue weighted by Gasteiger charge is -2.25. The number of halogens is 3. The van der Waals surface area contributed by atoms with Crippen molar-refractivity contribution in [3.8, 4) is 39.5 Å². The van der Waals surface area contributed by atoms with Gasteiger partial charge in [-0.3, -0.25) is 9.59 Å². The molecule has 0 atom stereocenters. The Bertz CT molecular complexity index is 1650. The quantitative estimate of drug-likeness (QED) is 0.0784. The van der Waals surface area contributed by atoms with E-state index in [4.69, 9.17) is 23.7 Å². The summed E-state index contributed by atoms with van der Waals surface area (Å²) >= 11 is 3.25. The van der Waals surface area contributed by atoms with Crippen molar-refractivity contribution >= 4 is 27.9 Å². The van der Waals surface area contributed by atoms with Crippen LogP contribution in [0.4, 0.5) is 8.78 Å². The van der Waals surface area contributed by atoms with Gasteiger partial charge in [-0.15, -0.1) is 0 Å². The maximum atomic E-state index is 14.8. The number of esters is 2. The van der Waals surface area contributed by atoms with Crippen molar-refractivity contribution in [2.75, 3.05) is 33.5 Å². The van der Waals surface area contributed by atoms with Gasteiger partial charge in [-0.25, -0.2) is 8.78 Å². The predicted molar refractivity (Wildman–Crippen MR) is 176 cm³/mol. The van der Waals surface area contributed by atoms with E-state index in [1.165, 1.54) is 12.1 Å². The number of hydrogen-bond acceptors (Lipinski definition) is 7. The van der Waals surface area contributed by atoms with Crippen LogP contribution >= 0.6 is 15.9 Å². The molecule has 4 aromatic carbocycles. The minimum absolute atomic E-state index is 0.293. The molecule has 5 rings (SSSR count). The van der Waals surface area contributed by atoms with E-state index in [1.807, 2.05) is 0 Å². The average molecular weight is 710 g/mol. The zero-order valence-electron chi connectivity index (χ0n) is 25.9. The van der Waals surface area contributed by atoms with Crippen LogP contribution in [-0.2, 0) is 19.1 Å². The minimum atomic E-state index is -0.434. The van der Waals surface area contributed by atoms with E-state index in [2.05, 4.69) is 15.9 Å². The van der Waals surface area contributed by atoms with Gasteiger partial charge in [-0.1, -0.05) is 46.3 Å². The van der Waals surface area contributed by atoms with E-state index in [0.717, 1.165) is 0 Å². The van der Waals surface area contributed by atoms with Crippen LogP contribution in [0.3, 0.4) is 0 Å². The molecule has 1 fully saturated rings. The van der Waals surface area contributed by atoms with Crippen LogP contribution in [0.15, 0.2) is 89.4 Å². The van der Waals surface area contributed by atoms with E-state index in [1.54, 1.807) is 79.9 Å². The fourth-order valence-corrected chi connectivity index (χ4v) is 5.71. The molecular formula is C37H35BrF2O7. The van der Waals surface area contributed by atoms with Crippen molar-refractivity contribution in [3.63, 3.8) is 0 Å². The molecular weight excluding hydrogens is 674 g/mol. The van der Waals surface area contributed by atoms with Gasteiger partial charge in [0.05, 0.1) is 31.7 Å². The lowest BCUT2D eigenvalue weighted by Crippen LogP contribution is -2.30. The van der Waals surface area contributed by atoms with Crippen LogP contribution in [0.5, 0.6) is 17.2 Å². The van der Waals surface area contributed by atoms with Crippen molar-refractivity contribution in [1.29, 1.82) is 0 Å². The van der Waals surface area contributed by atoms with Crippen LogP contribution in [0.2, 0.25) is 0 Å². The second-order valence-corrected chi connectivity index (χ2v) is 12.1. The Hall–Kier alpha value is -4.12. The number of benzene rings is 4. The molecule has 4 aromatic rings.